The summed E-state index contributed by atoms with van der Waals surface area (Å²) in [5.41, 5.74) is 0.243. The SMILES string of the molecule is CC[C@H](NS(=O)(=O)N(C)C)C12CC3CC(CC(C3)C1)C2. The summed E-state index contributed by atoms with van der Waals surface area (Å²) in [5.74, 6) is 2.58. The maximum absolute atomic E-state index is 12.2. The third-order valence-electron chi connectivity index (χ3n) is 6.00. The van der Waals surface area contributed by atoms with Crippen molar-refractivity contribution in [2.24, 2.45) is 23.2 Å². The lowest BCUT2D eigenvalue weighted by molar-refractivity contribution is -0.0705. The van der Waals surface area contributed by atoms with E-state index in [0.717, 1.165) is 24.2 Å². The van der Waals surface area contributed by atoms with Crippen molar-refractivity contribution >= 4 is 10.2 Å². The monoisotopic (exact) mass is 300 g/mol. The van der Waals surface area contributed by atoms with Crippen LogP contribution in [0.2, 0.25) is 0 Å². The highest BCUT2D eigenvalue weighted by atomic mass is 32.2. The molecular formula is C15H28N2O2S. The van der Waals surface area contributed by atoms with E-state index in [1.165, 1.54) is 42.8 Å². The molecule has 0 unspecified atom stereocenters. The third-order valence-corrected chi connectivity index (χ3v) is 7.55. The Kier molecular flexibility index (Phi) is 3.67. The molecule has 0 aromatic carbocycles. The molecule has 1 atom stereocenters. The van der Waals surface area contributed by atoms with Gasteiger partial charge in [0.25, 0.3) is 10.2 Å². The summed E-state index contributed by atoms with van der Waals surface area (Å²) in [7, 11) is -0.108. The maximum Gasteiger partial charge on any atom is 0.279 e. The summed E-state index contributed by atoms with van der Waals surface area (Å²) in [5, 5.41) is 0. The molecule has 4 bridgehead atoms. The van der Waals surface area contributed by atoms with Crippen LogP contribution in [0.5, 0.6) is 0 Å². The molecule has 4 rings (SSSR count). The largest absolute Gasteiger partial charge is 0.279 e. The Morgan fingerprint density at radius 2 is 1.55 bits per heavy atom. The van der Waals surface area contributed by atoms with Gasteiger partial charge in [-0.25, -0.2) is 0 Å². The minimum Gasteiger partial charge on any atom is -0.199 e. The van der Waals surface area contributed by atoms with Crippen molar-refractivity contribution < 1.29 is 8.42 Å². The molecule has 116 valence electrons. The van der Waals surface area contributed by atoms with Crippen LogP contribution in [0.4, 0.5) is 0 Å². The van der Waals surface area contributed by atoms with Gasteiger partial charge in [-0.2, -0.15) is 17.4 Å². The highest BCUT2D eigenvalue weighted by Crippen LogP contribution is 2.61. The van der Waals surface area contributed by atoms with E-state index in [1.54, 1.807) is 14.1 Å². The van der Waals surface area contributed by atoms with Gasteiger partial charge in [-0.15, -0.1) is 0 Å². The minimum absolute atomic E-state index is 0.114. The Bertz CT molecular complexity index is 437. The summed E-state index contributed by atoms with van der Waals surface area (Å²) in [6.07, 6.45) is 8.83. The molecule has 0 spiro atoms. The first-order valence-electron chi connectivity index (χ1n) is 8.04. The van der Waals surface area contributed by atoms with E-state index in [2.05, 4.69) is 11.6 Å². The lowest BCUT2D eigenvalue weighted by Gasteiger charge is -2.59. The first kappa shape index (κ1) is 14.8. The van der Waals surface area contributed by atoms with Gasteiger partial charge in [-0.05, 0) is 68.1 Å². The van der Waals surface area contributed by atoms with Crippen molar-refractivity contribution in [3.05, 3.63) is 0 Å². The number of rotatable bonds is 5. The van der Waals surface area contributed by atoms with Crippen LogP contribution in [0.15, 0.2) is 0 Å². The van der Waals surface area contributed by atoms with Gasteiger partial charge in [0.2, 0.25) is 0 Å². The summed E-state index contributed by atoms with van der Waals surface area (Å²) >= 11 is 0. The lowest BCUT2D eigenvalue weighted by Crippen LogP contribution is -2.57. The van der Waals surface area contributed by atoms with Gasteiger partial charge in [0.15, 0.2) is 0 Å². The Morgan fingerprint density at radius 3 is 1.90 bits per heavy atom. The molecule has 4 saturated carbocycles. The lowest BCUT2D eigenvalue weighted by atomic mass is 9.47. The summed E-state index contributed by atoms with van der Waals surface area (Å²) < 4.78 is 28.7. The van der Waals surface area contributed by atoms with E-state index < -0.39 is 10.2 Å². The van der Waals surface area contributed by atoms with Gasteiger partial charge < -0.3 is 0 Å². The van der Waals surface area contributed by atoms with E-state index in [0.29, 0.717) is 0 Å². The van der Waals surface area contributed by atoms with Crippen molar-refractivity contribution in [3.63, 3.8) is 0 Å². The molecule has 0 aromatic heterocycles. The Hall–Kier alpha value is -0.130. The summed E-state index contributed by atoms with van der Waals surface area (Å²) in [4.78, 5) is 0. The average Bonchev–Trinajstić information content (AvgIpc) is 2.34. The molecule has 0 aliphatic heterocycles. The standard InChI is InChI=1S/C15H28N2O2S/c1-4-14(16-20(18,19)17(2)3)15-8-11-5-12(9-15)7-13(6-11)10-15/h11-14,16H,4-10H2,1-3H3/t11?,12?,13?,14-,15?/m0/s1. The van der Waals surface area contributed by atoms with Crippen LogP contribution in [0, 0.1) is 23.2 Å². The molecule has 1 N–H and O–H groups in total. The molecule has 4 nitrogen and oxygen atoms in total. The van der Waals surface area contributed by atoms with Crippen molar-refractivity contribution in [2.75, 3.05) is 14.1 Å². The van der Waals surface area contributed by atoms with E-state index in [1.807, 2.05) is 0 Å². The number of nitrogens with one attached hydrogen (secondary N) is 1. The molecule has 4 aliphatic carbocycles. The first-order chi connectivity index (χ1) is 9.34. The van der Waals surface area contributed by atoms with Crippen molar-refractivity contribution in [1.82, 2.24) is 9.03 Å². The Balaban J connectivity index is 1.82. The smallest absolute Gasteiger partial charge is 0.199 e. The molecule has 0 aromatic rings. The van der Waals surface area contributed by atoms with Crippen LogP contribution in [-0.2, 0) is 10.2 Å². The Morgan fingerprint density at radius 1 is 1.10 bits per heavy atom. The van der Waals surface area contributed by atoms with Crippen LogP contribution in [-0.4, -0.2) is 32.9 Å². The highest BCUT2D eigenvalue weighted by Gasteiger charge is 2.54. The number of nitrogens with zero attached hydrogens (tertiary/aromatic N) is 1. The quantitative estimate of drug-likeness (QED) is 0.847. The van der Waals surface area contributed by atoms with E-state index >= 15 is 0 Å². The van der Waals surface area contributed by atoms with Crippen molar-refractivity contribution in [2.45, 2.75) is 57.9 Å². The zero-order valence-corrected chi connectivity index (χ0v) is 13.7. The number of hydrogen-bond acceptors (Lipinski definition) is 2. The van der Waals surface area contributed by atoms with Crippen molar-refractivity contribution in [3.8, 4) is 0 Å². The molecule has 4 aliphatic rings. The second-order valence-electron chi connectivity index (χ2n) is 7.65. The topological polar surface area (TPSA) is 49.4 Å². The van der Waals surface area contributed by atoms with Crippen LogP contribution in [0.25, 0.3) is 0 Å². The molecule has 0 saturated heterocycles. The fourth-order valence-electron chi connectivity index (χ4n) is 5.53. The van der Waals surface area contributed by atoms with Crippen LogP contribution in [0.3, 0.4) is 0 Å². The van der Waals surface area contributed by atoms with Gasteiger partial charge in [0.1, 0.15) is 0 Å². The zero-order valence-electron chi connectivity index (χ0n) is 12.9. The molecule has 0 radical (unpaired) electrons. The minimum atomic E-state index is -3.32. The number of hydrogen-bond donors (Lipinski definition) is 1. The third kappa shape index (κ3) is 2.42. The molecule has 4 fully saturated rings. The first-order valence-corrected chi connectivity index (χ1v) is 9.48. The average molecular weight is 300 g/mol. The molecule has 20 heavy (non-hydrogen) atoms. The van der Waals surface area contributed by atoms with Crippen LogP contribution >= 0.6 is 0 Å². The van der Waals surface area contributed by atoms with Gasteiger partial charge in [0.05, 0.1) is 0 Å². The van der Waals surface area contributed by atoms with E-state index in [4.69, 9.17) is 0 Å². The fourth-order valence-corrected chi connectivity index (χ4v) is 6.52. The normalized spacial score (nSPS) is 41.3. The van der Waals surface area contributed by atoms with E-state index in [-0.39, 0.29) is 11.5 Å². The zero-order chi connectivity index (χ0) is 14.5. The predicted octanol–water partition coefficient (Wildman–Crippen LogP) is 2.38. The van der Waals surface area contributed by atoms with E-state index in [9.17, 15) is 8.42 Å². The maximum atomic E-state index is 12.2. The van der Waals surface area contributed by atoms with Gasteiger partial charge >= 0.3 is 0 Å². The molecular weight excluding hydrogens is 272 g/mol. The second kappa shape index (κ2) is 4.96. The highest BCUT2D eigenvalue weighted by molar-refractivity contribution is 7.87. The van der Waals surface area contributed by atoms with Gasteiger partial charge in [-0.1, -0.05) is 6.92 Å². The second-order valence-corrected chi connectivity index (χ2v) is 9.56. The summed E-state index contributed by atoms with van der Waals surface area (Å²) in [6.45, 7) is 2.13. The fraction of sp³-hybridized carbons (Fsp3) is 1.00. The summed E-state index contributed by atoms with van der Waals surface area (Å²) in [6, 6.07) is 0.114. The Labute approximate surface area is 123 Å². The van der Waals surface area contributed by atoms with Crippen molar-refractivity contribution in [1.29, 1.82) is 0 Å². The van der Waals surface area contributed by atoms with Gasteiger partial charge in [-0.3, -0.25) is 0 Å². The van der Waals surface area contributed by atoms with Crippen LogP contribution in [0.1, 0.15) is 51.9 Å². The van der Waals surface area contributed by atoms with Crippen LogP contribution < -0.4 is 4.72 Å². The predicted molar refractivity (Wildman–Crippen MR) is 80.4 cm³/mol. The molecule has 0 amide bonds. The molecule has 5 heteroatoms. The molecule has 0 heterocycles. The van der Waals surface area contributed by atoms with Gasteiger partial charge in [0, 0.05) is 20.1 Å².